The molecule has 88 valence electrons. The summed E-state index contributed by atoms with van der Waals surface area (Å²) in [5.74, 6) is 1.18. The highest BCUT2D eigenvalue weighted by molar-refractivity contribution is 5.85. The zero-order valence-corrected chi connectivity index (χ0v) is 9.47. The summed E-state index contributed by atoms with van der Waals surface area (Å²) in [6, 6.07) is 5.45. The Morgan fingerprint density at radius 2 is 2.24 bits per heavy atom. The van der Waals surface area contributed by atoms with E-state index in [9.17, 15) is 10.1 Å². The van der Waals surface area contributed by atoms with Gasteiger partial charge in [0.1, 0.15) is 17.1 Å². The van der Waals surface area contributed by atoms with Crippen molar-refractivity contribution in [2.24, 2.45) is 0 Å². The molecule has 0 saturated heterocycles. The lowest BCUT2D eigenvalue weighted by Crippen LogP contribution is -1.82. The van der Waals surface area contributed by atoms with Gasteiger partial charge in [0.15, 0.2) is 0 Å². The zero-order chi connectivity index (χ0) is 12.4. The first-order valence-corrected chi connectivity index (χ1v) is 5.00. The van der Waals surface area contributed by atoms with Crippen LogP contribution < -0.4 is 4.74 Å². The van der Waals surface area contributed by atoms with Crippen LogP contribution in [-0.2, 0) is 0 Å². The normalized spacial score (nSPS) is 11.2. The Kier molecular flexibility index (Phi) is 2.82. The van der Waals surface area contributed by atoms with Gasteiger partial charge in [-0.2, -0.15) is 0 Å². The van der Waals surface area contributed by atoms with E-state index in [1.165, 1.54) is 6.08 Å². The Morgan fingerprint density at radius 1 is 1.47 bits per heavy atom. The molecule has 5 heteroatoms. The van der Waals surface area contributed by atoms with E-state index in [2.05, 4.69) is 0 Å². The molecular weight excluding hydrogens is 222 g/mol. The van der Waals surface area contributed by atoms with Crippen molar-refractivity contribution in [3.05, 3.63) is 45.8 Å². The minimum absolute atomic E-state index is 0.491. The van der Waals surface area contributed by atoms with Crippen molar-refractivity contribution in [2.75, 3.05) is 7.11 Å². The number of furan rings is 1. The minimum atomic E-state index is -0.521. The maximum absolute atomic E-state index is 10.3. The van der Waals surface area contributed by atoms with Crippen LogP contribution >= 0.6 is 0 Å². The summed E-state index contributed by atoms with van der Waals surface area (Å²) in [4.78, 5) is 9.74. The highest BCUT2D eigenvalue weighted by atomic mass is 16.6. The van der Waals surface area contributed by atoms with Crippen molar-refractivity contribution < 1.29 is 14.1 Å². The second kappa shape index (κ2) is 4.29. The molecule has 0 radical (unpaired) electrons. The summed E-state index contributed by atoms with van der Waals surface area (Å²) in [7, 11) is 1.57. The SMILES string of the molecule is COc1ccc2c(C)c(C=C[N+](=O)[O-])oc2c1. The third-order valence-electron chi connectivity index (χ3n) is 2.53. The third-order valence-corrected chi connectivity index (χ3v) is 2.53. The number of methoxy groups -OCH3 is 1. The Bertz CT molecular complexity index is 598. The highest BCUT2D eigenvalue weighted by Gasteiger charge is 2.09. The van der Waals surface area contributed by atoms with E-state index < -0.39 is 4.92 Å². The number of benzene rings is 1. The predicted octanol–water partition coefficient (Wildman–Crippen LogP) is 3.00. The van der Waals surface area contributed by atoms with E-state index >= 15 is 0 Å². The maximum Gasteiger partial charge on any atom is 0.238 e. The molecule has 17 heavy (non-hydrogen) atoms. The van der Waals surface area contributed by atoms with Crippen LogP contribution in [0.1, 0.15) is 11.3 Å². The van der Waals surface area contributed by atoms with E-state index in [4.69, 9.17) is 9.15 Å². The van der Waals surface area contributed by atoms with Crippen molar-refractivity contribution in [2.45, 2.75) is 6.92 Å². The van der Waals surface area contributed by atoms with Crippen molar-refractivity contribution in [3.63, 3.8) is 0 Å². The number of aryl methyl sites for hydroxylation is 1. The van der Waals surface area contributed by atoms with Gasteiger partial charge in [0.25, 0.3) is 0 Å². The lowest BCUT2D eigenvalue weighted by molar-refractivity contribution is -0.401. The third kappa shape index (κ3) is 2.13. The first-order valence-electron chi connectivity index (χ1n) is 5.00. The van der Waals surface area contributed by atoms with Crippen LogP contribution in [0, 0.1) is 17.0 Å². The number of rotatable bonds is 3. The summed E-state index contributed by atoms with van der Waals surface area (Å²) >= 11 is 0. The van der Waals surface area contributed by atoms with Crippen LogP contribution in [-0.4, -0.2) is 12.0 Å². The van der Waals surface area contributed by atoms with Gasteiger partial charge in [-0.3, -0.25) is 10.1 Å². The number of fused-ring (bicyclic) bond motifs is 1. The summed E-state index contributed by atoms with van der Waals surface area (Å²) in [6.45, 7) is 1.86. The van der Waals surface area contributed by atoms with Crippen LogP contribution in [0.5, 0.6) is 5.75 Å². The molecule has 0 unspecified atom stereocenters. The van der Waals surface area contributed by atoms with Crippen LogP contribution in [0.25, 0.3) is 17.0 Å². The van der Waals surface area contributed by atoms with Gasteiger partial charge >= 0.3 is 0 Å². The molecule has 0 atom stereocenters. The van der Waals surface area contributed by atoms with Crippen molar-refractivity contribution in [1.29, 1.82) is 0 Å². The fourth-order valence-electron chi connectivity index (χ4n) is 1.64. The largest absolute Gasteiger partial charge is 0.497 e. The van der Waals surface area contributed by atoms with Crippen LogP contribution in [0.2, 0.25) is 0 Å². The lowest BCUT2D eigenvalue weighted by atomic mass is 10.1. The Labute approximate surface area is 97.4 Å². The Morgan fingerprint density at radius 3 is 2.88 bits per heavy atom. The van der Waals surface area contributed by atoms with Crippen LogP contribution in [0.3, 0.4) is 0 Å². The molecule has 2 rings (SSSR count). The molecule has 2 aromatic rings. The molecule has 0 N–H and O–H groups in total. The van der Waals surface area contributed by atoms with Gasteiger partial charge in [-0.1, -0.05) is 0 Å². The Hall–Kier alpha value is -2.30. The maximum atomic E-state index is 10.3. The van der Waals surface area contributed by atoms with E-state index in [0.717, 1.165) is 17.1 Å². The summed E-state index contributed by atoms with van der Waals surface area (Å²) < 4.78 is 10.6. The predicted molar refractivity (Wildman–Crippen MR) is 63.5 cm³/mol. The summed E-state index contributed by atoms with van der Waals surface area (Å²) in [6.07, 6.45) is 2.21. The van der Waals surface area contributed by atoms with E-state index in [1.807, 2.05) is 19.1 Å². The Balaban J connectivity index is 2.52. The number of hydrogen-bond donors (Lipinski definition) is 0. The molecule has 0 aliphatic rings. The molecule has 0 spiro atoms. The standard InChI is InChI=1S/C12H11NO4/c1-8-10-4-3-9(16-2)7-12(10)17-11(8)5-6-13(14)15/h3-7H,1-2H3. The number of nitrogens with zero attached hydrogens (tertiary/aromatic N) is 1. The van der Waals surface area contributed by atoms with Crippen LogP contribution in [0.15, 0.2) is 28.8 Å². The second-order valence-electron chi connectivity index (χ2n) is 3.55. The monoisotopic (exact) mass is 233 g/mol. The first kappa shape index (κ1) is 11.2. The zero-order valence-electron chi connectivity index (χ0n) is 9.47. The topological polar surface area (TPSA) is 65.5 Å². The molecule has 0 aliphatic carbocycles. The molecule has 0 saturated carbocycles. The first-order chi connectivity index (χ1) is 8.11. The smallest absolute Gasteiger partial charge is 0.238 e. The van der Waals surface area contributed by atoms with Crippen LogP contribution in [0.4, 0.5) is 0 Å². The van der Waals surface area contributed by atoms with Gasteiger partial charge in [0.2, 0.25) is 6.20 Å². The molecular formula is C12H11NO4. The van der Waals surface area contributed by atoms with Gasteiger partial charge in [0, 0.05) is 17.0 Å². The number of nitro groups is 1. The molecule has 1 aromatic heterocycles. The van der Waals surface area contributed by atoms with Crippen molar-refractivity contribution in [1.82, 2.24) is 0 Å². The summed E-state index contributed by atoms with van der Waals surface area (Å²) in [5.41, 5.74) is 1.53. The molecule has 1 heterocycles. The van der Waals surface area contributed by atoms with Crippen molar-refractivity contribution in [3.8, 4) is 5.75 Å². The fourth-order valence-corrected chi connectivity index (χ4v) is 1.64. The van der Waals surface area contributed by atoms with Crippen molar-refractivity contribution >= 4 is 17.0 Å². The van der Waals surface area contributed by atoms with Gasteiger partial charge in [-0.05, 0) is 19.1 Å². The highest BCUT2D eigenvalue weighted by Crippen LogP contribution is 2.29. The molecule has 5 nitrogen and oxygen atoms in total. The van der Waals surface area contributed by atoms with E-state index in [-0.39, 0.29) is 0 Å². The fraction of sp³-hybridized carbons (Fsp3) is 0.167. The van der Waals surface area contributed by atoms with Gasteiger partial charge in [0.05, 0.1) is 18.1 Å². The van der Waals surface area contributed by atoms with E-state index in [0.29, 0.717) is 17.1 Å². The van der Waals surface area contributed by atoms with Gasteiger partial charge in [-0.25, -0.2) is 0 Å². The number of ether oxygens (including phenoxy) is 1. The lowest BCUT2D eigenvalue weighted by Gasteiger charge is -1.97. The van der Waals surface area contributed by atoms with Gasteiger partial charge in [-0.15, -0.1) is 0 Å². The second-order valence-corrected chi connectivity index (χ2v) is 3.55. The quantitative estimate of drug-likeness (QED) is 0.603. The molecule has 0 fully saturated rings. The average molecular weight is 233 g/mol. The number of hydrogen-bond acceptors (Lipinski definition) is 4. The summed E-state index contributed by atoms with van der Waals surface area (Å²) in [5, 5.41) is 11.2. The molecule has 1 aromatic carbocycles. The van der Waals surface area contributed by atoms with Gasteiger partial charge < -0.3 is 9.15 Å². The molecule has 0 aliphatic heterocycles. The van der Waals surface area contributed by atoms with E-state index in [1.54, 1.807) is 13.2 Å². The molecule has 0 bridgehead atoms. The average Bonchev–Trinajstić information content (AvgIpc) is 2.63. The minimum Gasteiger partial charge on any atom is -0.497 e. The molecule has 0 amide bonds.